The molecular weight excluding hydrogens is 219 g/mol. The molecule has 0 aliphatic carbocycles. The average Bonchev–Trinajstić information content (AvgIpc) is 2.20. The Morgan fingerprint density at radius 1 is 0.867 bits per heavy atom. The van der Waals surface area contributed by atoms with Gasteiger partial charge in [0.2, 0.25) is 0 Å². The molecule has 1 aliphatic rings. The number of hydrogen-bond acceptors (Lipinski definition) is 5. The van der Waals surface area contributed by atoms with Crippen LogP contribution in [0.1, 0.15) is 27.2 Å². The Bertz CT molecular complexity index is 156. The molecule has 15 heavy (non-hydrogen) atoms. The van der Waals surface area contributed by atoms with Crippen LogP contribution in [-0.4, -0.2) is 33.0 Å². The van der Waals surface area contributed by atoms with Crippen LogP contribution in [0.3, 0.4) is 0 Å². The molecule has 92 valence electrons. The summed E-state index contributed by atoms with van der Waals surface area (Å²) in [4.78, 5) is 0. The van der Waals surface area contributed by atoms with Crippen molar-refractivity contribution in [2.24, 2.45) is 0 Å². The second-order valence-electron chi connectivity index (χ2n) is 3.02. The quantitative estimate of drug-likeness (QED) is 0.668. The fourth-order valence-electron chi connectivity index (χ4n) is 1.49. The predicted molar refractivity (Wildman–Crippen MR) is 58.3 cm³/mol. The minimum atomic E-state index is -3.71. The normalized spacial score (nSPS) is 26.7. The van der Waals surface area contributed by atoms with Crippen molar-refractivity contribution in [3.05, 3.63) is 0 Å². The van der Waals surface area contributed by atoms with Crippen LogP contribution in [0.25, 0.3) is 0 Å². The number of rotatable bonds is 6. The minimum absolute atomic E-state index is 0.442. The predicted octanol–water partition coefficient (Wildman–Crippen LogP) is 2.66. The van der Waals surface area contributed by atoms with Gasteiger partial charge in [-0.05, 0) is 0 Å². The first kappa shape index (κ1) is 13.3. The van der Waals surface area contributed by atoms with Crippen LogP contribution in [0.5, 0.6) is 0 Å². The molecule has 0 aromatic carbocycles. The van der Waals surface area contributed by atoms with Gasteiger partial charge in [-0.1, -0.05) is 0 Å². The molecular formula is C9H21O5P. The van der Waals surface area contributed by atoms with E-state index in [-0.39, 0.29) is 0 Å². The molecule has 0 bridgehead atoms. The zero-order chi connectivity index (χ0) is 11.2. The van der Waals surface area contributed by atoms with Crippen molar-refractivity contribution in [3.63, 3.8) is 0 Å². The summed E-state index contributed by atoms with van der Waals surface area (Å²) in [5.74, 6) is 0. The maximum absolute atomic E-state index is 5.62. The molecule has 1 rings (SSSR count). The Balaban J connectivity index is 2.85. The summed E-state index contributed by atoms with van der Waals surface area (Å²) in [5, 5.41) is 0. The van der Waals surface area contributed by atoms with E-state index in [4.69, 9.17) is 22.6 Å². The fourth-order valence-corrected chi connectivity index (χ4v) is 4.36. The molecule has 0 unspecified atom stereocenters. The summed E-state index contributed by atoms with van der Waals surface area (Å²) in [7, 11) is -3.71. The first-order valence-corrected chi connectivity index (χ1v) is 7.30. The van der Waals surface area contributed by atoms with Gasteiger partial charge in [0.15, 0.2) is 0 Å². The van der Waals surface area contributed by atoms with Gasteiger partial charge in [0.05, 0.1) is 0 Å². The summed E-state index contributed by atoms with van der Waals surface area (Å²) in [6.45, 7) is 8.04. The molecule has 1 fully saturated rings. The fraction of sp³-hybridized carbons (Fsp3) is 1.00. The third kappa shape index (κ3) is 2.87. The van der Waals surface area contributed by atoms with Crippen molar-refractivity contribution in [2.75, 3.05) is 33.0 Å². The zero-order valence-corrected chi connectivity index (χ0v) is 10.6. The Hall–Kier alpha value is 0.230. The van der Waals surface area contributed by atoms with Crippen LogP contribution >= 0.6 is 7.74 Å². The van der Waals surface area contributed by atoms with E-state index >= 15 is 0 Å². The van der Waals surface area contributed by atoms with E-state index in [1.807, 2.05) is 20.8 Å². The van der Waals surface area contributed by atoms with E-state index in [0.29, 0.717) is 33.0 Å². The van der Waals surface area contributed by atoms with Crippen molar-refractivity contribution in [3.8, 4) is 0 Å². The van der Waals surface area contributed by atoms with Crippen molar-refractivity contribution in [2.45, 2.75) is 27.2 Å². The van der Waals surface area contributed by atoms with Gasteiger partial charge < -0.3 is 0 Å². The van der Waals surface area contributed by atoms with Crippen LogP contribution in [-0.2, 0) is 22.6 Å². The summed E-state index contributed by atoms with van der Waals surface area (Å²) in [6.07, 6.45) is 0.838. The summed E-state index contributed by atoms with van der Waals surface area (Å²) in [5.41, 5.74) is 0. The molecule has 6 heteroatoms. The molecule has 0 spiro atoms. The van der Waals surface area contributed by atoms with Gasteiger partial charge in [-0.15, -0.1) is 0 Å². The van der Waals surface area contributed by atoms with E-state index < -0.39 is 7.74 Å². The van der Waals surface area contributed by atoms with Gasteiger partial charge >= 0.3 is 90.6 Å². The summed E-state index contributed by atoms with van der Waals surface area (Å²) >= 11 is 0. The Morgan fingerprint density at radius 2 is 1.27 bits per heavy atom. The molecule has 0 N–H and O–H groups in total. The van der Waals surface area contributed by atoms with Crippen LogP contribution in [0.4, 0.5) is 0 Å². The molecule has 1 aliphatic heterocycles. The molecule has 0 radical (unpaired) electrons. The maximum atomic E-state index is 5.62. The van der Waals surface area contributed by atoms with Crippen molar-refractivity contribution in [1.29, 1.82) is 0 Å². The van der Waals surface area contributed by atoms with Gasteiger partial charge in [-0.2, -0.15) is 0 Å². The van der Waals surface area contributed by atoms with E-state index in [9.17, 15) is 0 Å². The number of hydrogen-bond donors (Lipinski definition) is 0. The molecule has 1 saturated heterocycles. The molecule has 0 aromatic rings. The van der Waals surface area contributed by atoms with Crippen molar-refractivity contribution in [1.82, 2.24) is 0 Å². The van der Waals surface area contributed by atoms with Crippen LogP contribution in [0, 0.1) is 0 Å². The van der Waals surface area contributed by atoms with Crippen molar-refractivity contribution < 1.29 is 22.6 Å². The van der Waals surface area contributed by atoms with Crippen molar-refractivity contribution >= 4 is 7.74 Å². The molecule has 0 aromatic heterocycles. The summed E-state index contributed by atoms with van der Waals surface area (Å²) in [6, 6.07) is 0. The molecule has 0 atom stereocenters. The SMILES string of the molecule is CCOP1(OCC)(OCC)OCCCO1. The van der Waals surface area contributed by atoms with Crippen LogP contribution in [0.2, 0.25) is 0 Å². The topological polar surface area (TPSA) is 46.2 Å². The second-order valence-corrected chi connectivity index (χ2v) is 5.80. The van der Waals surface area contributed by atoms with Gasteiger partial charge in [0, 0.05) is 0 Å². The first-order chi connectivity index (χ1) is 7.20. The molecule has 0 amide bonds. The Kier molecular flexibility index (Phi) is 4.90. The van der Waals surface area contributed by atoms with Crippen LogP contribution < -0.4 is 0 Å². The van der Waals surface area contributed by atoms with E-state index in [0.717, 1.165) is 6.42 Å². The average molecular weight is 240 g/mol. The first-order valence-electron chi connectivity index (χ1n) is 5.48. The van der Waals surface area contributed by atoms with Gasteiger partial charge in [-0.3, -0.25) is 0 Å². The van der Waals surface area contributed by atoms with Gasteiger partial charge in [0.25, 0.3) is 0 Å². The monoisotopic (exact) mass is 240 g/mol. The third-order valence-electron chi connectivity index (χ3n) is 1.91. The van der Waals surface area contributed by atoms with Gasteiger partial charge in [-0.25, -0.2) is 0 Å². The molecule has 1 heterocycles. The molecule has 5 nitrogen and oxygen atoms in total. The second kappa shape index (κ2) is 5.53. The summed E-state index contributed by atoms with van der Waals surface area (Å²) < 4.78 is 28.0. The van der Waals surface area contributed by atoms with E-state index in [2.05, 4.69) is 0 Å². The zero-order valence-electron chi connectivity index (χ0n) is 9.73. The van der Waals surface area contributed by atoms with Crippen LogP contribution in [0.15, 0.2) is 0 Å². The Labute approximate surface area is 91.3 Å². The van der Waals surface area contributed by atoms with Gasteiger partial charge in [0.1, 0.15) is 0 Å². The Morgan fingerprint density at radius 3 is 1.60 bits per heavy atom. The van der Waals surface area contributed by atoms with E-state index in [1.54, 1.807) is 0 Å². The third-order valence-corrected chi connectivity index (χ3v) is 5.16. The van der Waals surface area contributed by atoms with E-state index in [1.165, 1.54) is 0 Å². The standard InChI is InChI=1S/C9H21O5P/c1-4-10-15(11-5-2,12-6-3)13-8-7-9-14-15/h4-9H2,1-3H3. The molecule has 0 saturated carbocycles.